The molecule has 4 N–H and O–H groups in total. The van der Waals surface area contributed by atoms with Crippen LogP contribution in [0, 0.1) is 0 Å². The highest BCUT2D eigenvalue weighted by Gasteiger charge is 2.23. The summed E-state index contributed by atoms with van der Waals surface area (Å²) in [5.41, 5.74) is 0. The monoisotopic (exact) mass is 362 g/mol. The number of aliphatic carboxylic acids is 2. The first-order valence-electron chi connectivity index (χ1n) is 8.42. The summed E-state index contributed by atoms with van der Waals surface area (Å²) in [6.45, 7) is 4.71. The molecule has 25 heavy (non-hydrogen) atoms. The van der Waals surface area contributed by atoms with E-state index in [0.29, 0.717) is 45.8 Å². The van der Waals surface area contributed by atoms with Crippen LogP contribution in [0.3, 0.4) is 0 Å². The van der Waals surface area contributed by atoms with Crippen LogP contribution in [0.15, 0.2) is 0 Å². The van der Waals surface area contributed by atoms with Gasteiger partial charge in [-0.25, -0.2) is 0 Å². The van der Waals surface area contributed by atoms with E-state index < -0.39 is 11.9 Å². The first-order valence-corrected chi connectivity index (χ1v) is 8.42. The number of hydrogen-bond donors (Lipinski definition) is 4. The normalized spacial score (nSPS) is 23.7. The lowest BCUT2D eigenvalue weighted by atomic mass is 10.2. The molecule has 0 amide bonds. The van der Waals surface area contributed by atoms with E-state index in [1.807, 2.05) is 6.92 Å². The lowest BCUT2D eigenvalue weighted by Crippen LogP contribution is -2.51. The van der Waals surface area contributed by atoms with Crippen molar-refractivity contribution in [2.45, 2.75) is 13.0 Å². The smallest absolute Gasteiger partial charge is 0.317 e. The fourth-order valence-electron chi connectivity index (χ4n) is 2.89. The van der Waals surface area contributed by atoms with Crippen LogP contribution < -0.4 is 0 Å². The minimum atomic E-state index is -0.939. The van der Waals surface area contributed by atoms with Gasteiger partial charge in [0.1, 0.15) is 0 Å². The summed E-state index contributed by atoms with van der Waals surface area (Å²) in [7, 11) is 0. The van der Waals surface area contributed by atoms with Gasteiger partial charge < -0.3 is 20.4 Å². The van der Waals surface area contributed by atoms with Crippen molar-refractivity contribution < 1.29 is 30.0 Å². The maximum Gasteiger partial charge on any atom is 0.317 e. The van der Waals surface area contributed by atoms with Gasteiger partial charge in [0.15, 0.2) is 0 Å². The summed E-state index contributed by atoms with van der Waals surface area (Å²) < 4.78 is 0. The summed E-state index contributed by atoms with van der Waals surface area (Å²) in [6, 6.07) is -0.155. The molecule has 0 aromatic heterocycles. The lowest BCUT2D eigenvalue weighted by Gasteiger charge is -2.35. The summed E-state index contributed by atoms with van der Waals surface area (Å²) in [5.74, 6) is -1.88. The van der Waals surface area contributed by atoms with E-state index in [2.05, 4.69) is 0 Å². The van der Waals surface area contributed by atoms with E-state index >= 15 is 0 Å². The minimum Gasteiger partial charge on any atom is -0.480 e. The van der Waals surface area contributed by atoms with Crippen LogP contribution in [0.5, 0.6) is 0 Å². The topological polar surface area (TPSA) is 128 Å². The van der Waals surface area contributed by atoms with Crippen molar-refractivity contribution in [1.82, 2.24) is 19.6 Å². The SMILES string of the molecule is CC1CN(CC(=O)O)CCN(CO)CCN(CO)CCN1CC(=O)O. The second-order valence-corrected chi connectivity index (χ2v) is 6.36. The van der Waals surface area contributed by atoms with Crippen molar-refractivity contribution in [3.8, 4) is 0 Å². The Kier molecular flexibility index (Phi) is 9.86. The third-order valence-corrected chi connectivity index (χ3v) is 4.41. The fraction of sp³-hybridized carbons (Fsp3) is 0.867. The molecular formula is C15H30N4O6. The number of aliphatic hydroxyl groups is 2. The Morgan fingerprint density at radius 1 is 0.800 bits per heavy atom. The third kappa shape index (κ3) is 8.56. The molecule has 1 saturated heterocycles. The van der Waals surface area contributed by atoms with Gasteiger partial charge in [-0.15, -0.1) is 0 Å². The highest BCUT2D eigenvalue weighted by Crippen LogP contribution is 2.06. The molecule has 1 rings (SSSR count). The van der Waals surface area contributed by atoms with Gasteiger partial charge in [0.25, 0.3) is 0 Å². The van der Waals surface area contributed by atoms with E-state index in [1.54, 1.807) is 19.6 Å². The molecule has 0 aliphatic carbocycles. The number of nitrogens with zero attached hydrogens (tertiary/aromatic N) is 4. The minimum absolute atomic E-state index is 0.132. The van der Waals surface area contributed by atoms with Gasteiger partial charge in [-0.2, -0.15) is 0 Å². The number of aliphatic hydroxyl groups excluding tert-OH is 2. The zero-order valence-corrected chi connectivity index (χ0v) is 14.7. The average molecular weight is 362 g/mol. The van der Waals surface area contributed by atoms with Crippen LogP contribution in [0.4, 0.5) is 0 Å². The van der Waals surface area contributed by atoms with E-state index in [1.165, 1.54) is 0 Å². The van der Waals surface area contributed by atoms with Gasteiger partial charge in [0, 0.05) is 51.9 Å². The van der Waals surface area contributed by atoms with E-state index in [9.17, 15) is 19.8 Å². The number of carboxylic acids is 2. The summed E-state index contributed by atoms with van der Waals surface area (Å²) in [5, 5.41) is 37.1. The standard InChI is InChI=1S/C15H30N4O6/c1-13-8-18(9-14(22)23)5-4-16(11-20)2-3-17(12-21)6-7-19(13)10-15(24)25/h13,20-21H,2-12H2,1H3,(H,22,23)(H,24,25). The maximum atomic E-state index is 11.1. The van der Waals surface area contributed by atoms with Crippen LogP contribution in [0.1, 0.15) is 6.92 Å². The summed E-state index contributed by atoms with van der Waals surface area (Å²) >= 11 is 0. The highest BCUT2D eigenvalue weighted by atomic mass is 16.4. The molecular weight excluding hydrogens is 332 g/mol. The van der Waals surface area contributed by atoms with Crippen molar-refractivity contribution in [2.24, 2.45) is 0 Å². The molecule has 10 nitrogen and oxygen atoms in total. The fourth-order valence-corrected chi connectivity index (χ4v) is 2.89. The lowest BCUT2D eigenvalue weighted by molar-refractivity contribution is -0.141. The molecule has 146 valence electrons. The van der Waals surface area contributed by atoms with Gasteiger partial charge in [-0.3, -0.25) is 29.2 Å². The zero-order valence-electron chi connectivity index (χ0n) is 14.7. The first kappa shape index (κ1) is 21.7. The van der Waals surface area contributed by atoms with Crippen LogP contribution >= 0.6 is 0 Å². The van der Waals surface area contributed by atoms with E-state index in [-0.39, 0.29) is 32.6 Å². The Morgan fingerprint density at radius 3 is 1.68 bits per heavy atom. The summed E-state index contributed by atoms with van der Waals surface area (Å²) in [6.07, 6.45) is 0. The average Bonchev–Trinajstić information content (AvgIpc) is 2.54. The van der Waals surface area contributed by atoms with Crippen molar-refractivity contribution in [1.29, 1.82) is 0 Å². The Labute approximate surface area is 147 Å². The predicted octanol–water partition coefficient (Wildman–Crippen LogP) is -2.33. The Bertz CT molecular complexity index is 425. The van der Waals surface area contributed by atoms with Gasteiger partial charge in [-0.1, -0.05) is 0 Å². The quantitative estimate of drug-likeness (QED) is 0.408. The van der Waals surface area contributed by atoms with Gasteiger partial charge in [0.05, 0.1) is 26.6 Å². The molecule has 10 heteroatoms. The van der Waals surface area contributed by atoms with Gasteiger partial charge >= 0.3 is 11.9 Å². The highest BCUT2D eigenvalue weighted by molar-refractivity contribution is 5.69. The maximum absolute atomic E-state index is 11.1. The van der Waals surface area contributed by atoms with Crippen LogP contribution in [0.2, 0.25) is 0 Å². The molecule has 1 atom stereocenters. The molecule has 1 unspecified atom stereocenters. The van der Waals surface area contributed by atoms with Gasteiger partial charge in [0.2, 0.25) is 0 Å². The first-order chi connectivity index (χ1) is 11.8. The number of carboxylic acid groups (broad SMARTS) is 2. The molecule has 0 aromatic carbocycles. The van der Waals surface area contributed by atoms with Crippen molar-refractivity contribution in [2.75, 3.05) is 72.4 Å². The molecule has 0 aromatic rings. The largest absolute Gasteiger partial charge is 0.480 e. The molecule has 1 aliphatic heterocycles. The number of rotatable bonds is 6. The van der Waals surface area contributed by atoms with Crippen molar-refractivity contribution in [3.63, 3.8) is 0 Å². The second-order valence-electron chi connectivity index (χ2n) is 6.36. The number of carbonyl (C=O) groups is 2. The molecule has 1 aliphatic rings. The Morgan fingerprint density at radius 2 is 1.24 bits per heavy atom. The summed E-state index contributed by atoms with van der Waals surface area (Å²) in [4.78, 5) is 29.4. The zero-order chi connectivity index (χ0) is 18.8. The molecule has 0 saturated carbocycles. The molecule has 1 heterocycles. The molecule has 0 bridgehead atoms. The van der Waals surface area contributed by atoms with E-state index in [4.69, 9.17) is 10.2 Å². The third-order valence-electron chi connectivity index (χ3n) is 4.41. The van der Waals surface area contributed by atoms with Crippen LogP contribution in [-0.2, 0) is 9.59 Å². The Hall–Kier alpha value is -1.30. The molecule has 0 radical (unpaired) electrons. The van der Waals surface area contributed by atoms with E-state index in [0.717, 1.165) is 0 Å². The van der Waals surface area contributed by atoms with Crippen LogP contribution in [0.25, 0.3) is 0 Å². The molecule has 0 spiro atoms. The Balaban J connectivity index is 2.87. The van der Waals surface area contributed by atoms with Crippen molar-refractivity contribution in [3.05, 3.63) is 0 Å². The molecule has 1 fully saturated rings. The van der Waals surface area contributed by atoms with Crippen LogP contribution in [-0.4, -0.2) is 130 Å². The van der Waals surface area contributed by atoms with Crippen molar-refractivity contribution >= 4 is 11.9 Å². The van der Waals surface area contributed by atoms with Gasteiger partial charge in [-0.05, 0) is 6.92 Å². The number of hydrogen-bond acceptors (Lipinski definition) is 8. The predicted molar refractivity (Wildman–Crippen MR) is 90.1 cm³/mol. The second kappa shape index (κ2) is 11.3.